The molecule has 2 aromatic carbocycles. The molecule has 1 unspecified atom stereocenters. The number of rotatable bonds is 7. The van der Waals surface area contributed by atoms with Crippen molar-refractivity contribution in [1.29, 1.82) is 0 Å². The first-order valence-corrected chi connectivity index (χ1v) is 10.5. The Morgan fingerprint density at radius 1 is 0.871 bits per heavy atom. The van der Waals surface area contributed by atoms with Crippen LogP contribution in [-0.4, -0.2) is 23.8 Å². The molecule has 0 aliphatic rings. The third kappa shape index (κ3) is 5.76. The molecule has 1 aromatic heterocycles. The Kier molecular flexibility index (Phi) is 7.15. The van der Waals surface area contributed by atoms with E-state index in [4.69, 9.17) is 0 Å². The molecule has 31 heavy (non-hydrogen) atoms. The predicted molar refractivity (Wildman–Crippen MR) is 120 cm³/mol. The first-order valence-electron chi connectivity index (χ1n) is 9.66. The molecule has 0 bridgehead atoms. The highest BCUT2D eigenvalue weighted by atomic mass is 32.1. The quantitative estimate of drug-likeness (QED) is 0.505. The molecule has 0 saturated carbocycles. The zero-order chi connectivity index (χ0) is 22.4. The van der Waals surface area contributed by atoms with Crippen molar-refractivity contribution in [2.45, 2.75) is 19.9 Å². The van der Waals surface area contributed by atoms with E-state index < -0.39 is 23.7 Å². The second-order valence-corrected chi connectivity index (χ2v) is 8.12. The Hall–Kier alpha value is -3.52. The Bertz CT molecular complexity index is 1080. The first-order chi connectivity index (χ1) is 14.8. The Morgan fingerprint density at radius 2 is 1.58 bits per heavy atom. The highest BCUT2D eigenvalue weighted by Crippen LogP contribution is 2.19. The summed E-state index contributed by atoms with van der Waals surface area (Å²) in [6.07, 6.45) is 0. The molecule has 6 nitrogen and oxygen atoms in total. The summed E-state index contributed by atoms with van der Waals surface area (Å²) >= 11 is 1.33. The lowest BCUT2D eigenvalue weighted by atomic mass is 10.0. The van der Waals surface area contributed by atoms with Crippen molar-refractivity contribution in [2.24, 2.45) is 5.92 Å². The van der Waals surface area contributed by atoms with Crippen LogP contribution in [0.4, 0.5) is 15.8 Å². The molecular weight excluding hydrogens is 417 g/mol. The number of thiophene rings is 1. The van der Waals surface area contributed by atoms with E-state index in [-0.39, 0.29) is 17.4 Å². The molecule has 0 radical (unpaired) electrons. The number of nitrogens with one attached hydrogen (secondary N) is 3. The fourth-order valence-electron chi connectivity index (χ4n) is 2.89. The van der Waals surface area contributed by atoms with Crippen LogP contribution in [0.2, 0.25) is 0 Å². The number of amides is 3. The lowest BCUT2D eigenvalue weighted by Gasteiger charge is -2.22. The van der Waals surface area contributed by atoms with Gasteiger partial charge < -0.3 is 16.0 Å². The summed E-state index contributed by atoms with van der Waals surface area (Å²) in [6, 6.07) is 14.9. The zero-order valence-corrected chi connectivity index (χ0v) is 17.8. The molecule has 0 saturated heterocycles. The number of carbonyl (C=O) groups excluding carboxylic acids is 3. The van der Waals surface area contributed by atoms with Crippen LogP contribution < -0.4 is 16.0 Å². The van der Waals surface area contributed by atoms with Crippen LogP contribution in [0.3, 0.4) is 0 Å². The molecule has 1 heterocycles. The van der Waals surface area contributed by atoms with Crippen LogP contribution in [0.15, 0.2) is 66.0 Å². The average molecular weight is 440 g/mol. The summed E-state index contributed by atoms with van der Waals surface area (Å²) < 4.78 is 13.9. The standard InChI is InChI=1S/C23H22FN3O3S/c1-14(2)20(27-21(28)17-9-3-4-10-18(17)24)23(30)26-16-8-5-7-15(13-16)25-22(29)19-11-6-12-31-19/h3-14,20H,1-2H3,(H,25,29)(H,26,30)(H,27,28). The normalized spacial score (nSPS) is 11.6. The van der Waals surface area contributed by atoms with Crippen molar-refractivity contribution in [1.82, 2.24) is 5.32 Å². The first kappa shape index (κ1) is 22.2. The van der Waals surface area contributed by atoms with Crippen LogP contribution in [0, 0.1) is 11.7 Å². The number of benzene rings is 2. The van der Waals surface area contributed by atoms with Gasteiger partial charge in [0.1, 0.15) is 11.9 Å². The summed E-state index contributed by atoms with van der Waals surface area (Å²) in [6.45, 7) is 3.56. The molecular formula is C23H22FN3O3S. The van der Waals surface area contributed by atoms with E-state index in [0.717, 1.165) is 0 Å². The van der Waals surface area contributed by atoms with Crippen molar-refractivity contribution >= 4 is 40.4 Å². The summed E-state index contributed by atoms with van der Waals surface area (Å²) in [5, 5.41) is 9.94. The van der Waals surface area contributed by atoms with Gasteiger partial charge in [0, 0.05) is 11.4 Å². The van der Waals surface area contributed by atoms with Crippen LogP contribution in [0.5, 0.6) is 0 Å². The minimum atomic E-state index is -0.878. The number of hydrogen-bond donors (Lipinski definition) is 3. The maximum Gasteiger partial charge on any atom is 0.265 e. The predicted octanol–water partition coefficient (Wildman–Crippen LogP) is 4.53. The third-order valence-corrected chi connectivity index (χ3v) is 5.36. The molecule has 3 N–H and O–H groups in total. The Balaban J connectivity index is 1.69. The second kappa shape index (κ2) is 9.99. The van der Waals surface area contributed by atoms with Crippen molar-refractivity contribution < 1.29 is 18.8 Å². The number of anilines is 2. The monoisotopic (exact) mass is 439 g/mol. The smallest absolute Gasteiger partial charge is 0.265 e. The van der Waals surface area contributed by atoms with Gasteiger partial charge in [-0.15, -0.1) is 11.3 Å². The van der Waals surface area contributed by atoms with E-state index in [9.17, 15) is 18.8 Å². The van der Waals surface area contributed by atoms with Gasteiger partial charge in [-0.05, 0) is 47.7 Å². The Labute approximate surface area is 183 Å². The molecule has 160 valence electrons. The third-order valence-electron chi connectivity index (χ3n) is 4.49. The summed E-state index contributed by atoms with van der Waals surface area (Å²) in [5.41, 5.74) is 0.853. The van der Waals surface area contributed by atoms with Crippen molar-refractivity contribution in [3.05, 3.63) is 82.3 Å². The molecule has 3 rings (SSSR count). The lowest BCUT2D eigenvalue weighted by Crippen LogP contribution is -2.47. The molecule has 0 fully saturated rings. The fraction of sp³-hybridized carbons (Fsp3) is 0.174. The molecule has 8 heteroatoms. The number of carbonyl (C=O) groups is 3. The maximum atomic E-state index is 13.9. The van der Waals surface area contributed by atoms with Crippen molar-refractivity contribution in [3.63, 3.8) is 0 Å². The summed E-state index contributed by atoms with van der Waals surface area (Å²) in [4.78, 5) is 38.1. The zero-order valence-electron chi connectivity index (χ0n) is 17.0. The topological polar surface area (TPSA) is 87.3 Å². The van der Waals surface area contributed by atoms with E-state index in [1.165, 1.54) is 29.5 Å². The van der Waals surface area contributed by atoms with E-state index in [1.54, 1.807) is 56.3 Å². The van der Waals surface area contributed by atoms with Gasteiger partial charge in [0.05, 0.1) is 10.4 Å². The molecule has 1 atom stereocenters. The van der Waals surface area contributed by atoms with E-state index in [2.05, 4.69) is 16.0 Å². The van der Waals surface area contributed by atoms with Crippen LogP contribution in [0.1, 0.15) is 33.9 Å². The Morgan fingerprint density at radius 3 is 2.23 bits per heavy atom. The van der Waals surface area contributed by atoms with E-state index in [0.29, 0.717) is 16.3 Å². The SMILES string of the molecule is CC(C)C(NC(=O)c1ccccc1F)C(=O)Nc1cccc(NC(=O)c2cccs2)c1. The summed E-state index contributed by atoms with van der Waals surface area (Å²) in [5.74, 6) is -2.24. The van der Waals surface area contributed by atoms with Crippen LogP contribution >= 0.6 is 11.3 Å². The van der Waals surface area contributed by atoms with Gasteiger partial charge >= 0.3 is 0 Å². The van der Waals surface area contributed by atoms with Crippen LogP contribution in [-0.2, 0) is 4.79 Å². The van der Waals surface area contributed by atoms with Gasteiger partial charge in [0.15, 0.2) is 0 Å². The van der Waals surface area contributed by atoms with Gasteiger partial charge in [-0.25, -0.2) is 4.39 Å². The molecule has 0 aliphatic carbocycles. The molecule has 3 aromatic rings. The molecule has 0 spiro atoms. The second-order valence-electron chi connectivity index (χ2n) is 7.18. The van der Waals surface area contributed by atoms with Gasteiger partial charge in [0.2, 0.25) is 5.91 Å². The van der Waals surface area contributed by atoms with E-state index >= 15 is 0 Å². The van der Waals surface area contributed by atoms with Gasteiger partial charge in [0.25, 0.3) is 11.8 Å². The van der Waals surface area contributed by atoms with Gasteiger partial charge in [-0.2, -0.15) is 0 Å². The molecule has 0 aliphatic heterocycles. The van der Waals surface area contributed by atoms with E-state index in [1.807, 2.05) is 5.38 Å². The molecule has 3 amide bonds. The van der Waals surface area contributed by atoms with Crippen molar-refractivity contribution in [3.8, 4) is 0 Å². The lowest BCUT2D eigenvalue weighted by molar-refractivity contribution is -0.118. The summed E-state index contributed by atoms with van der Waals surface area (Å²) in [7, 11) is 0. The highest BCUT2D eigenvalue weighted by Gasteiger charge is 2.26. The average Bonchev–Trinajstić information content (AvgIpc) is 3.27. The number of halogens is 1. The largest absolute Gasteiger partial charge is 0.340 e. The number of hydrogen-bond acceptors (Lipinski definition) is 4. The minimum absolute atomic E-state index is 0.126. The fourth-order valence-corrected chi connectivity index (χ4v) is 3.51. The maximum absolute atomic E-state index is 13.9. The van der Waals surface area contributed by atoms with Gasteiger partial charge in [-0.3, -0.25) is 14.4 Å². The van der Waals surface area contributed by atoms with Crippen molar-refractivity contribution in [2.75, 3.05) is 10.6 Å². The van der Waals surface area contributed by atoms with Gasteiger partial charge in [-0.1, -0.05) is 38.1 Å². The van der Waals surface area contributed by atoms with Crippen LogP contribution in [0.25, 0.3) is 0 Å². The minimum Gasteiger partial charge on any atom is -0.340 e. The highest BCUT2D eigenvalue weighted by molar-refractivity contribution is 7.12.